The lowest BCUT2D eigenvalue weighted by Gasteiger charge is -2.20. The van der Waals surface area contributed by atoms with Crippen LogP contribution in [0, 0.1) is 0 Å². The first-order valence-electron chi connectivity index (χ1n) is 19.7. The van der Waals surface area contributed by atoms with Crippen LogP contribution in [0.2, 0.25) is 0 Å². The highest BCUT2D eigenvalue weighted by molar-refractivity contribution is 8.77. The normalized spacial score (nSPS) is 12.8. The van der Waals surface area contributed by atoms with Gasteiger partial charge in [-0.1, -0.05) is 148 Å². The second-order valence-corrected chi connectivity index (χ2v) is 18.6. The Morgan fingerprint density at radius 1 is 0.542 bits per heavy atom. The topological polar surface area (TPSA) is 76.1 Å². The third-order valence-electron chi connectivity index (χ3n) is 8.38. The summed E-state index contributed by atoms with van der Waals surface area (Å²) in [7, 11) is 8.10. The van der Waals surface area contributed by atoms with Crippen molar-refractivity contribution >= 4 is 55.1 Å². The summed E-state index contributed by atoms with van der Waals surface area (Å²) in [6, 6.07) is 0. The molecular formula is C38H75NO5S4. The molecule has 0 rings (SSSR count). The molecule has 0 aliphatic rings. The van der Waals surface area contributed by atoms with E-state index < -0.39 is 0 Å². The fourth-order valence-electron chi connectivity index (χ4n) is 5.25. The van der Waals surface area contributed by atoms with Crippen LogP contribution in [0.4, 0.5) is 0 Å². The maximum atomic E-state index is 12.3. The molecule has 0 aliphatic carbocycles. The number of esters is 2. The van der Waals surface area contributed by atoms with Crippen LogP contribution in [-0.4, -0.2) is 83.4 Å². The number of hydrogen-bond donors (Lipinski definition) is 1. The van der Waals surface area contributed by atoms with Crippen molar-refractivity contribution in [3.05, 3.63) is 0 Å². The molecule has 0 aliphatic heterocycles. The maximum Gasteiger partial charge on any atom is 0.307 e. The number of aliphatic hydroxyl groups is 1. The lowest BCUT2D eigenvalue weighted by atomic mass is 10.1. The minimum atomic E-state index is -0.210. The molecule has 0 saturated heterocycles. The molecule has 0 aromatic rings. The maximum absolute atomic E-state index is 12.3. The van der Waals surface area contributed by atoms with Crippen molar-refractivity contribution in [2.24, 2.45) is 0 Å². The van der Waals surface area contributed by atoms with Crippen LogP contribution in [0.15, 0.2) is 0 Å². The molecule has 2 atom stereocenters. The van der Waals surface area contributed by atoms with Gasteiger partial charge in [0, 0.05) is 41.6 Å². The summed E-state index contributed by atoms with van der Waals surface area (Å²) in [6.07, 6.45) is 25.6. The van der Waals surface area contributed by atoms with Gasteiger partial charge in [0.2, 0.25) is 0 Å². The molecule has 2 unspecified atom stereocenters. The summed E-state index contributed by atoms with van der Waals surface area (Å²) in [5.41, 5.74) is 0. The molecule has 0 saturated carbocycles. The number of unbranched alkanes of at least 4 members (excludes halogenated alkanes) is 10. The van der Waals surface area contributed by atoms with Crippen molar-refractivity contribution < 1.29 is 24.2 Å². The Hall–Kier alpha value is 0.260. The molecule has 0 amide bonds. The van der Waals surface area contributed by atoms with Crippen molar-refractivity contribution in [1.82, 2.24) is 4.90 Å². The van der Waals surface area contributed by atoms with E-state index in [1.807, 2.05) is 26.5 Å². The van der Waals surface area contributed by atoms with E-state index in [2.05, 4.69) is 49.3 Å². The first-order chi connectivity index (χ1) is 23.5. The summed E-state index contributed by atoms with van der Waals surface area (Å²) in [4.78, 5) is 26.5. The number of hydrogen-bond acceptors (Lipinski definition) is 10. The lowest BCUT2D eigenvalue weighted by molar-refractivity contribution is -0.144. The van der Waals surface area contributed by atoms with Gasteiger partial charge in [-0.3, -0.25) is 14.5 Å². The Kier molecular flexibility index (Phi) is 38.7. The predicted octanol–water partition coefficient (Wildman–Crippen LogP) is 11.5. The summed E-state index contributed by atoms with van der Waals surface area (Å²) in [5, 5.41) is 11.0. The SMILES string of the molecule is CCCCCCC(CCCC)SSCCCCOC(=O)CCN(CCO)CCC(=O)OCCCCSSC(CCCC)CCCCCC. The predicted molar refractivity (Wildman–Crippen MR) is 217 cm³/mol. The minimum absolute atomic E-state index is 0.00840. The van der Waals surface area contributed by atoms with Crippen molar-refractivity contribution in [3.63, 3.8) is 0 Å². The highest BCUT2D eigenvalue weighted by Crippen LogP contribution is 2.35. The Bertz CT molecular complexity index is 652. The van der Waals surface area contributed by atoms with E-state index in [1.54, 1.807) is 0 Å². The van der Waals surface area contributed by atoms with Crippen LogP contribution in [0.1, 0.15) is 169 Å². The molecule has 0 aromatic heterocycles. The van der Waals surface area contributed by atoms with E-state index >= 15 is 0 Å². The summed E-state index contributed by atoms with van der Waals surface area (Å²) < 4.78 is 10.9. The van der Waals surface area contributed by atoms with Gasteiger partial charge in [-0.25, -0.2) is 0 Å². The van der Waals surface area contributed by atoms with Crippen LogP contribution >= 0.6 is 43.2 Å². The zero-order valence-electron chi connectivity index (χ0n) is 31.5. The standard InChI is InChI=1S/C38H75NO5S4/c1-5-9-13-15-23-35(21-11-7-3)47-45-33-19-17-31-43-37(41)25-27-39(29-30-40)28-26-38(42)44-32-18-20-34-46-48-36(22-12-8-4)24-16-14-10-6-2/h35-36,40H,5-34H2,1-4H3. The Balaban J connectivity index is 3.98. The number of carbonyl (C=O) groups is 2. The molecule has 0 bridgehead atoms. The minimum Gasteiger partial charge on any atom is -0.466 e. The fraction of sp³-hybridized carbons (Fsp3) is 0.947. The molecule has 0 heterocycles. The largest absolute Gasteiger partial charge is 0.466 e. The molecule has 6 nitrogen and oxygen atoms in total. The highest BCUT2D eigenvalue weighted by Gasteiger charge is 2.13. The van der Waals surface area contributed by atoms with Crippen LogP contribution in [0.5, 0.6) is 0 Å². The van der Waals surface area contributed by atoms with E-state index in [-0.39, 0.29) is 31.4 Å². The zero-order valence-corrected chi connectivity index (χ0v) is 34.8. The number of nitrogens with zero attached hydrogens (tertiary/aromatic N) is 1. The van der Waals surface area contributed by atoms with Gasteiger partial charge in [0.15, 0.2) is 0 Å². The second-order valence-electron chi connectivity index (χ2n) is 13.0. The molecule has 0 aromatic carbocycles. The summed E-state index contributed by atoms with van der Waals surface area (Å²) in [5.74, 6) is 1.77. The molecule has 0 spiro atoms. The van der Waals surface area contributed by atoms with Crippen LogP contribution in [0.25, 0.3) is 0 Å². The van der Waals surface area contributed by atoms with Gasteiger partial charge < -0.3 is 14.6 Å². The number of aliphatic hydroxyl groups excluding tert-OH is 1. The number of carbonyl (C=O) groups excluding carboxylic acids is 2. The van der Waals surface area contributed by atoms with Crippen molar-refractivity contribution in [2.75, 3.05) is 51.0 Å². The van der Waals surface area contributed by atoms with E-state index in [0.29, 0.717) is 32.8 Å². The summed E-state index contributed by atoms with van der Waals surface area (Å²) in [6.45, 7) is 11.4. The molecular weight excluding hydrogens is 679 g/mol. The quantitative estimate of drug-likeness (QED) is 0.0374. The molecule has 0 radical (unpaired) electrons. The monoisotopic (exact) mass is 753 g/mol. The van der Waals surface area contributed by atoms with Gasteiger partial charge in [-0.05, 0) is 51.4 Å². The number of ether oxygens (including phenoxy) is 2. The van der Waals surface area contributed by atoms with E-state index in [0.717, 1.165) is 47.7 Å². The second kappa shape index (κ2) is 38.5. The average Bonchev–Trinajstić information content (AvgIpc) is 3.09. The van der Waals surface area contributed by atoms with Crippen LogP contribution in [0.3, 0.4) is 0 Å². The average molecular weight is 754 g/mol. The van der Waals surface area contributed by atoms with Gasteiger partial charge >= 0.3 is 11.9 Å². The van der Waals surface area contributed by atoms with Gasteiger partial charge in [0.05, 0.1) is 32.7 Å². The number of rotatable bonds is 38. The Labute approximate surface area is 313 Å². The first-order valence-corrected chi connectivity index (χ1v) is 24.5. The van der Waals surface area contributed by atoms with Crippen molar-refractivity contribution in [1.29, 1.82) is 0 Å². The Morgan fingerprint density at radius 2 is 0.958 bits per heavy atom. The smallest absolute Gasteiger partial charge is 0.307 e. The van der Waals surface area contributed by atoms with Gasteiger partial charge in [-0.15, -0.1) is 0 Å². The molecule has 286 valence electrons. The van der Waals surface area contributed by atoms with E-state index in [9.17, 15) is 14.7 Å². The van der Waals surface area contributed by atoms with Crippen LogP contribution < -0.4 is 0 Å². The first kappa shape index (κ1) is 48.3. The van der Waals surface area contributed by atoms with Gasteiger partial charge in [-0.2, -0.15) is 0 Å². The molecule has 10 heteroatoms. The highest BCUT2D eigenvalue weighted by atomic mass is 33.1. The van der Waals surface area contributed by atoms with Gasteiger partial charge in [0.1, 0.15) is 0 Å². The lowest BCUT2D eigenvalue weighted by Crippen LogP contribution is -2.32. The summed E-state index contributed by atoms with van der Waals surface area (Å²) >= 11 is 0. The van der Waals surface area contributed by atoms with Crippen molar-refractivity contribution in [3.8, 4) is 0 Å². The Morgan fingerprint density at radius 3 is 1.35 bits per heavy atom. The molecule has 48 heavy (non-hydrogen) atoms. The van der Waals surface area contributed by atoms with Gasteiger partial charge in [0.25, 0.3) is 0 Å². The molecule has 0 fully saturated rings. The third-order valence-corrected chi connectivity index (χ3v) is 14.5. The zero-order chi connectivity index (χ0) is 35.3. The fourth-order valence-corrected chi connectivity index (χ4v) is 11.1. The van der Waals surface area contributed by atoms with Crippen LogP contribution in [-0.2, 0) is 19.1 Å². The van der Waals surface area contributed by atoms with Crippen molar-refractivity contribution in [2.45, 2.75) is 179 Å². The molecule has 1 N–H and O–H groups in total. The van der Waals surface area contributed by atoms with E-state index in [4.69, 9.17) is 9.47 Å². The van der Waals surface area contributed by atoms with E-state index in [1.165, 1.54) is 103 Å². The third kappa shape index (κ3) is 33.4.